The van der Waals surface area contributed by atoms with E-state index < -0.39 is 6.17 Å². The second-order valence-electron chi connectivity index (χ2n) is 4.37. The van der Waals surface area contributed by atoms with Crippen molar-refractivity contribution >= 4 is 0 Å². The standard InChI is InChI=1S/C11H21F/c1-4-10(12)8-11(5-2)7-6-9(11)3/h9-10H,4-8H2,1-3H3/t9?,10-,11-/m1/s1. The average Bonchev–Trinajstić information content (AvgIpc) is 2.11. The summed E-state index contributed by atoms with van der Waals surface area (Å²) in [5.41, 5.74) is 0.370. The number of alkyl halides is 1. The number of hydrogen-bond acceptors (Lipinski definition) is 0. The van der Waals surface area contributed by atoms with Gasteiger partial charge in [0.15, 0.2) is 0 Å². The molecule has 1 aliphatic rings. The van der Waals surface area contributed by atoms with Gasteiger partial charge in [0.25, 0.3) is 0 Å². The Morgan fingerprint density at radius 1 is 1.50 bits per heavy atom. The van der Waals surface area contributed by atoms with Crippen LogP contribution in [-0.2, 0) is 0 Å². The van der Waals surface area contributed by atoms with Crippen LogP contribution in [0.2, 0.25) is 0 Å². The Bertz CT molecular complexity index is 140. The molecule has 0 aromatic heterocycles. The highest BCUT2D eigenvalue weighted by Crippen LogP contribution is 2.52. The van der Waals surface area contributed by atoms with Crippen molar-refractivity contribution in [1.82, 2.24) is 0 Å². The molecule has 72 valence electrons. The molecule has 0 spiro atoms. The average molecular weight is 172 g/mol. The second kappa shape index (κ2) is 3.76. The van der Waals surface area contributed by atoms with E-state index in [2.05, 4.69) is 13.8 Å². The zero-order chi connectivity index (χ0) is 9.19. The third-order valence-electron chi connectivity index (χ3n) is 3.90. The fourth-order valence-electron chi connectivity index (χ4n) is 2.40. The van der Waals surface area contributed by atoms with Crippen molar-refractivity contribution < 1.29 is 4.39 Å². The van der Waals surface area contributed by atoms with Gasteiger partial charge in [-0.2, -0.15) is 0 Å². The van der Waals surface area contributed by atoms with Gasteiger partial charge in [-0.05, 0) is 37.0 Å². The molecular weight excluding hydrogens is 151 g/mol. The van der Waals surface area contributed by atoms with Gasteiger partial charge in [0.2, 0.25) is 0 Å². The summed E-state index contributed by atoms with van der Waals surface area (Å²) in [7, 11) is 0. The van der Waals surface area contributed by atoms with Gasteiger partial charge < -0.3 is 0 Å². The molecule has 1 heteroatoms. The molecule has 1 fully saturated rings. The zero-order valence-electron chi connectivity index (χ0n) is 8.57. The first-order chi connectivity index (χ1) is 5.64. The van der Waals surface area contributed by atoms with Gasteiger partial charge in [0.05, 0.1) is 0 Å². The molecule has 3 atom stereocenters. The van der Waals surface area contributed by atoms with E-state index in [1.807, 2.05) is 6.92 Å². The van der Waals surface area contributed by atoms with E-state index in [0.29, 0.717) is 11.8 Å². The fourth-order valence-corrected chi connectivity index (χ4v) is 2.40. The molecule has 0 amide bonds. The van der Waals surface area contributed by atoms with E-state index in [1.54, 1.807) is 0 Å². The highest BCUT2D eigenvalue weighted by atomic mass is 19.1. The molecule has 1 rings (SSSR count). The number of halogens is 1. The van der Waals surface area contributed by atoms with Crippen LogP contribution in [-0.4, -0.2) is 6.17 Å². The van der Waals surface area contributed by atoms with Crippen molar-refractivity contribution in [2.45, 2.75) is 59.0 Å². The third kappa shape index (κ3) is 1.65. The maximum atomic E-state index is 13.2. The summed E-state index contributed by atoms with van der Waals surface area (Å²) in [5.74, 6) is 0.757. The lowest BCUT2D eigenvalue weighted by molar-refractivity contribution is 0.00344. The fraction of sp³-hybridized carbons (Fsp3) is 1.00. The normalized spacial score (nSPS) is 37.5. The predicted molar refractivity (Wildman–Crippen MR) is 50.9 cm³/mol. The Kier molecular flexibility index (Phi) is 3.14. The van der Waals surface area contributed by atoms with Crippen LogP contribution >= 0.6 is 0 Å². The smallest absolute Gasteiger partial charge is 0.100 e. The van der Waals surface area contributed by atoms with Gasteiger partial charge in [0, 0.05) is 0 Å². The lowest BCUT2D eigenvalue weighted by Crippen LogP contribution is -2.39. The van der Waals surface area contributed by atoms with Gasteiger partial charge in [-0.1, -0.05) is 27.2 Å². The van der Waals surface area contributed by atoms with Gasteiger partial charge in [-0.15, -0.1) is 0 Å². The monoisotopic (exact) mass is 172 g/mol. The van der Waals surface area contributed by atoms with Gasteiger partial charge >= 0.3 is 0 Å². The van der Waals surface area contributed by atoms with Crippen molar-refractivity contribution in [1.29, 1.82) is 0 Å². The minimum Gasteiger partial charge on any atom is -0.247 e. The Morgan fingerprint density at radius 3 is 2.42 bits per heavy atom. The van der Waals surface area contributed by atoms with Crippen LogP contribution in [0.4, 0.5) is 4.39 Å². The first-order valence-electron chi connectivity index (χ1n) is 5.28. The first-order valence-corrected chi connectivity index (χ1v) is 5.28. The van der Waals surface area contributed by atoms with E-state index in [-0.39, 0.29) is 0 Å². The molecule has 0 aromatic rings. The Balaban J connectivity index is 2.45. The Morgan fingerprint density at radius 2 is 2.17 bits per heavy atom. The summed E-state index contributed by atoms with van der Waals surface area (Å²) in [6.45, 7) is 6.42. The van der Waals surface area contributed by atoms with E-state index in [0.717, 1.165) is 18.8 Å². The molecule has 0 N–H and O–H groups in total. The highest BCUT2D eigenvalue weighted by molar-refractivity contribution is 4.93. The summed E-state index contributed by atoms with van der Waals surface area (Å²) in [6.07, 6.45) is 4.66. The van der Waals surface area contributed by atoms with Gasteiger partial charge in [-0.3, -0.25) is 0 Å². The van der Waals surface area contributed by atoms with Gasteiger partial charge in [0.1, 0.15) is 6.17 Å². The molecule has 12 heavy (non-hydrogen) atoms. The number of hydrogen-bond donors (Lipinski definition) is 0. The lowest BCUT2D eigenvalue weighted by Gasteiger charge is -2.48. The van der Waals surface area contributed by atoms with Crippen LogP contribution < -0.4 is 0 Å². The van der Waals surface area contributed by atoms with Crippen LogP contribution in [0, 0.1) is 11.3 Å². The molecule has 0 heterocycles. The molecule has 0 saturated heterocycles. The van der Waals surface area contributed by atoms with Crippen LogP contribution in [0.25, 0.3) is 0 Å². The molecule has 0 aromatic carbocycles. The summed E-state index contributed by atoms with van der Waals surface area (Å²) in [4.78, 5) is 0. The molecule has 1 unspecified atom stereocenters. The summed E-state index contributed by atoms with van der Waals surface area (Å²) >= 11 is 0. The summed E-state index contributed by atoms with van der Waals surface area (Å²) in [6, 6.07) is 0. The molecule has 0 radical (unpaired) electrons. The van der Waals surface area contributed by atoms with E-state index >= 15 is 0 Å². The maximum absolute atomic E-state index is 13.2. The van der Waals surface area contributed by atoms with Crippen molar-refractivity contribution in [2.24, 2.45) is 11.3 Å². The molecule has 0 bridgehead atoms. The van der Waals surface area contributed by atoms with Crippen molar-refractivity contribution in [3.8, 4) is 0 Å². The third-order valence-corrected chi connectivity index (χ3v) is 3.90. The highest BCUT2D eigenvalue weighted by Gasteiger charge is 2.43. The zero-order valence-corrected chi connectivity index (χ0v) is 8.57. The second-order valence-corrected chi connectivity index (χ2v) is 4.37. The van der Waals surface area contributed by atoms with E-state index in [9.17, 15) is 4.39 Å². The maximum Gasteiger partial charge on any atom is 0.100 e. The molecule has 1 aliphatic carbocycles. The molecule has 0 aliphatic heterocycles. The summed E-state index contributed by atoms with van der Waals surface area (Å²) < 4.78 is 13.2. The first kappa shape index (κ1) is 10.0. The topological polar surface area (TPSA) is 0 Å². The molecule has 1 saturated carbocycles. The van der Waals surface area contributed by atoms with Crippen LogP contribution in [0.3, 0.4) is 0 Å². The minimum atomic E-state index is -0.562. The van der Waals surface area contributed by atoms with Crippen molar-refractivity contribution in [2.75, 3.05) is 0 Å². The van der Waals surface area contributed by atoms with E-state index in [4.69, 9.17) is 0 Å². The summed E-state index contributed by atoms with van der Waals surface area (Å²) in [5, 5.41) is 0. The lowest BCUT2D eigenvalue weighted by atomic mass is 9.57. The van der Waals surface area contributed by atoms with Crippen molar-refractivity contribution in [3.63, 3.8) is 0 Å². The van der Waals surface area contributed by atoms with Crippen LogP contribution in [0.5, 0.6) is 0 Å². The SMILES string of the molecule is CC[C@@H](F)C[C@@]1(CC)CCC1C. The predicted octanol–water partition coefficient (Wildman–Crippen LogP) is 3.95. The van der Waals surface area contributed by atoms with Gasteiger partial charge in [-0.25, -0.2) is 4.39 Å². The van der Waals surface area contributed by atoms with E-state index in [1.165, 1.54) is 12.8 Å². The quantitative estimate of drug-likeness (QED) is 0.602. The minimum absolute atomic E-state index is 0.370. The largest absolute Gasteiger partial charge is 0.247 e. The Labute approximate surface area is 75.5 Å². The number of rotatable bonds is 4. The molecule has 0 nitrogen and oxygen atoms in total. The Hall–Kier alpha value is -0.0700. The van der Waals surface area contributed by atoms with Crippen LogP contribution in [0.1, 0.15) is 52.9 Å². The van der Waals surface area contributed by atoms with Crippen molar-refractivity contribution in [3.05, 3.63) is 0 Å². The van der Waals surface area contributed by atoms with Crippen LogP contribution in [0.15, 0.2) is 0 Å². The molecular formula is C11H21F.